The van der Waals surface area contributed by atoms with Crippen molar-refractivity contribution in [2.75, 3.05) is 0 Å². The molecule has 2 nitrogen and oxygen atoms in total. The van der Waals surface area contributed by atoms with Gasteiger partial charge in [-0.25, -0.2) is 0 Å². The largest absolute Gasteiger partial charge is 0.324 e. The average molecular weight is 215 g/mol. The Morgan fingerprint density at radius 2 is 2.06 bits per heavy atom. The van der Waals surface area contributed by atoms with Gasteiger partial charge in [-0.15, -0.1) is 5.92 Å². The molecule has 84 valence electrons. The molecule has 1 aromatic carbocycles. The first-order valence-corrected chi connectivity index (χ1v) is 5.46. The number of Topliss-reactive ketones (excluding diaryl/α,β-unsaturated/α-hetero) is 1. The Balaban J connectivity index is 2.37. The SMILES string of the molecule is CC#CCC(=O)CCC(N)c1ccccc1. The molecule has 1 unspecified atom stereocenters. The molecule has 0 bridgehead atoms. The van der Waals surface area contributed by atoms with Crippen molar-refractivity contribution in [3.8, 4) is 11.8 Å². The first-order valence-electron chi connectivity index (χ1n) is 5.46. The molecule has 16 heavy (non-hydrogen) atoms. The Morgan fingerprint density at radius 3 is 2.69 bits per heavy atom. The number of ketones is 1. The van der Waals surface area contributed by atoms with Crippen molar-refractivity contribution < 1.29 is 4.79 Å². The van der Waals surface area contributed by atoms with Crippen LogP contribution in [0.5, 0.6) is 0 Å². The predicted molar refractivity (Wildman–Crippen MR) is 65.7 cm³/mol. The lowest BCUT2D eigenvalue weighted by molar-refractivity contribution is -0.118. The van der Waals surface area contributed by atoms with Crippen molar-refractivity contribution in [2.45, 2.75) is 32.2 Å². The van der Waals surface area contributed by atoms with E-state index in [0.29, 0.717) is 19.3 Å². The molecule has 0 spiro atoms. The molecule has 0 saturated carbocycles. The molecule has 1 rings (SSSR count). The van der Waals surface area contributed by atoms with Gasteiger partial charge in [-0.3, -0.25) is 4.79 Å². The van der Waals surface area contributed by atoms with Crippen LogP contribution in [0.2, 0.25) is 0 Å². The predicted octanol–water partition coefficient (Wildman–Crippen LogP) is 2.45. The zero-order chi connectivity index (χ0) is 11.8. The highest BCUT2D eigenvalue weighted by Crippen LogP contribution is 2.15. The maximum absolute atomic E-state index is 11.4. The van der Waals surface area contributed by atoms with E-state index in [1.54, 1.807) is 6.92 Å². The molecule has 0 aliphatic carbocycles. The molecule has 1 aromatic rings. The molecule has 2 N–H and O–H groups in total. The number of hydrogen-bond donors (Lipinski definition) is 1. The summed E-state index contributed by atoms with van der Waals surface area (Å²) in [5, 5.41) is 0. The minimum atomic E-state index is -0.0558. The molecule has 0 heterocycles. The standard InChI is InChI=1S/C14H17NO/c1-2-3-9-13(16)10-11-14(15)12-7-5-4-6-8-12/h4-8,14H,9-11,15H2,1H3. The second-order valence-electron chi connectivity index (χ2n) is 3.70. The third-order valence-corrected chi connectivity index (χ3v) is 2.42. The van der Waals surface area contributed by atoms with Crippen LogP contribution in [0.1, 0.15) is 37.8 Å². The summed E-state index contributed by atoms with van der Waals surface area (Å²) in [6, 6.07) is 9.79. The van der Waals surface area contributed by atoms with Crippen molar-refractivity contribution in [2.24, 2.45) is 5.73 Å². The summed E-state index contributed by atoms with van der Waals surface area (Å²) in [6.07, 6.45) is 1.54. The minimum absolute atomic E-state index is 0.0558. The molecule has 0 aliphatic heterocycles. The molecule has 0 saturated heterocycles. The Labute approximate surface area is 96.9 Å². The van der Waals surface area contributed by atoms with E-state index in [-0.39, 0.29) is 11.8 Å². The van der Waals surface area contributed by atoms with Gasteiger partial charge in [0.15, 0.2) is 0 Å². The Morgan fingerprint density at radius 1 is 1.38 bits per heavy atom. The van der Waals surface area contributed by atoms with Gasteiger partial charge in [0.25, 0.3) is 0 Å². The zero-order valence-corrected chi connectivity index (χ0v) is 9.57. The molecule has 0 amide bonds. The molecule has 0 aliphatic rings. The topological polar surface area (TPSA) is 43.1 Å². The van der Waals surface area contributed by atoms with Crippen molar-refractivity contribution in [3.05, 3.63) is 35.9 Å². The summed E-state index contributed by atoms with van der Waals surface area (Å²) in [4.78, 5) is 11.4. The van der Waals surface area contributed by atoms with Gasteiger partial charge in [-0.1, -0.05) is 36.3 Å². The molecule has 0 radical (unpaired) electrons. The molecule has 1 atom stereocenters. The Hall–Kier alpha value is -1.59. The summed E-state index contributed by atoms with van der Waals surface area (Å²) >= 11 is 0. The Kier molecular flexibility index (Phi) is 5.31. The molecule has 0 fully saturated rings. The number of benzene rings is 1. The summed E-state index contributed by atoms with van der Waals surface area (Å²) in [7, 11) is 0. The van der Waals surface area contributed by atoms with E-state index in [0.717, 1.165) is 5.56 Å². The molecular formula is C14H17NO. The number of rotatable bonds is 5. The minimum Gasteiger partial charge on any atom is -0.324 e. The quantitative estimate of drug-likeness (QED) is 0.767. The third-order valence-electron chi connectivity index (χ3n) is 2.42. The van der Waals surface area contributed by atoms with Crippen LogP contribution in [0, 0.1) is 11.8 Å². The first-order chi connectivity index (χ1) is 7.74. The number of hydrogen-bond acceptors (Lipinski definition) is 2. The van der Waals surface area contributed by atoms with Crippen LogP contribution in [-0.2, 0) is 4.79 Å². The fourth-order valence-electron chi connectivity index (χ4n) is 1.46. The highest BCUT2D eigenvalue weighted by molar-refractivity contribution is 5.80. The van der Waals surface area contributed by atoms with Gasteiger partial charge in [-0.05, 0) is 18.9 Å². The number of nitrogens with two attached hydrogens (primary N) is 1. The van der Waals surface area contributed by atoms with Crippen LogP contribution in [0.4, 0.5) is 0 Å². The highest BCUT2D eigenvalue weighted by atomic mass is 16.1. The van der Waals surface area contributed by atoms with Gasteiger partial charge in [-0.2, -0.15) is 0 Å². The maximum Gasteiger partial charge on any atom is 0.144 e. The molecule has 2 heteroatoms. The van der Waals surface area contributed by atoms with Crippen LogP contribution >= 0.6 is 0 Å². The van der Waals surface area contributed by atoms with Gasteiger partial charge in [0.2, 0.25) is 0 Å². The van der Waals surface area contributed by atoms with Gasteiger partial charge in [0.05, 0.1) is 6.42 Å². The van der Waals surface area contributed by atoms with E-state index in [1.165, 1.54) is 0 Å². The lowest BCUT2D eigenvalue weighted by Crippen LogP contribution is -2.12. The lowest BCUT2D eigenvalue weighted by atomic mass is 10.0. The second kappa shape index (κ2) is 6.81. The monoisotopic (exact) mass is 215 g/mol. The third kappa shape index (κ3) is 4.29. The van der Waals surface area contributed by atoms with E-state index >= 15 is 0 Å². The summed E-state index contributed by atoms with van der Waals surface area (Å²) in [5.74, 6) is 5.65. The van der Waals surface area contributed by atoms with Crippen LogP contribution in [0.25, 0.3) is 0 Å². The van der Waals surface area contributed by atoms with E-state index in [2.05, 4.69) is 11.8 Å². The summed E-state index contributed by atoms with van der Waals surface area (Å²) in [5.41, 5.74) is 7.06. The van der Waals surface area contributed by atoms with Gasteiger partial charge >= 0.3 is 0 Å². The van der Waals surface area contributed by atoms with Crippen molar-refractivity contribution in [1.82, 2.24) is 0 Å². The van der Waals surface area contributed by atoms with Gasteiger partial charge in [0, 0.05) is 12.5 Å². The van der Waals surface area contributed by atoms with Crippen LogP contribution in [-0.4, -0.2) is 5.78 Å². The fraction of sp³-hybridized carbons (Fsp3) is 0.357. The van der Waals surface area contributed by atoms with E-state index in [1.807, 2.05) is 30.3 Å². The molecular weight excluding hydrogens is 198 g/mol. The second-order valence-corrected chi connectivity index (χ2v) is 3.70. The molecule has 0 aromatic heterocycles. The zero-order valence-electron chi connectivity index (χ0n) is 9.57. The summed E-state index contributed by atoms with van der Waals surface area (Å²) < 4.78 is 0. The Bertz CT molecular complexity index is 386. The highest BCUT2D eigenvalue weighted by Gasteiger charge is 2.07. The average Bonchev–Trinajstić information content (AvgIpc) is 2.34. The van der Waals surface area contributed by atoms with Gasteiger partial charge < -0.3 is 5.73 Å². The lowest BCUT2D eigenvalue weighted by Gasteiger charge is -2.10. The first kappa shape index (κ1) is 12.5. The van der Waals surface area contributed by atoms with Crippen LogP contribution in [0.3, 0.4) is 0 Å². The van der Waals surface area contributed by atoms with Crippen molar-refractivity contribution >= 4 is 5.78 Å². The normalized spacial score (nSPS) is 11.4. The van der Waals surface area contributed by atoms with Crippen molar-refractivity contribution in [3.63, 3.8) is 0 Å². The van der Waals surface area contributed by atoms with E-state index in [4.69, 9.17) is 5.73 Å². The van der Waals surface area contributed by atoms with Crippen LogP contribution in [0.15, 0.2) is 30.3 Å². The van der Waals surface area contributed by atoms with Crippen molar-refractivity contribution in [1.29, 1.82) is 0 Å². The number of carbonyl (C=O) groups is 1. The maximum atomic E-state index is 11.4. The fourth-order valence-corrected chi connectivity index (χ4v) is 1.46. The summed E-state index contributed by atoms with van der Waals surface area (Å²) in [6.45, 7) is 1.74. The van der Waals surface area contributed by atoms with Gasteiger partial charge in [0.1, 0.15) is 5.78 Å². The smallest absolute Gasteiger partial charge is 0.144 e. The number of carbonyl (C=O) groups excluding carboxylic acids is 1. The van der Waals surface area contributed by atoms with E-state index < -0.39 is 0 Å². The van der Waals surface area contributed by atoms with E-state index in [9.17, 15) is 4.79 Å². The van der Waals surface area contributed by atoms with Crippen LogP contribution < -0.4 is 5.73 Å².